The number of carbonyl (C=O) groups excluding carboxylic acids is 1. The summed E-state index contributed by atoms with van der Waals surface area (Å²) in [5.41, 5.74) is 0.301. The van der Waals surface area contributed by atoms with E-state index in [0.717, 1.165) is 43.6 Å². The second kappa shape index (κ2) is 10.1. The van der Waals surface area contributed by atoms with Gasteiger partial charge in [-0.3, -0.25) is 4.99 Å². The third-order valence-electron chi connectivity index (χ3n) is 6.41. The molecule has 0 aromatic heterocycles. The van der Waals surface area contributed by atoms with Crippen LogP contribution in [0.1, 0.15) is 71.3 Å². The predicted molar refractivity (Wildman–Crippen MR) is 135 cm³/mol. The Labute approximate surface area is 207 Å². The van der Waals surface area contributed by atoms with Gasteiger partial charge in [0, 0.05) is 36.6 Å². The van der Waals surface area contributed by atoms with Gasteiger partial charge in [0.05, 0.1) is 0 Å². The second-order valence-corrected chi connectivity index (χ2v) is 10.0. The molecular formula is C24H36FIN4O2. The molecule has 1 aromatic rings. The number of guanidine groups is 1. The molecule has 0 spiro atoms. The maximum absolute atomic E-state index is 14.1. The Morgan fingerprint density at radius 2 is 1.81 bits per heavy atom. The average molecular weight is 558 g/mol. The van der Waals surface area contributed by atoms with Crippen LogP contribution in [-0.4, -0.2) is 53.3 Å². The lowest BCUT2D eigenvalue weighted by Crippen LogP contribution is -2.55. The number of carbonyl (C=O) groups is 1. The summed E-state index contributed by atoms with van der Waals surface area (Å²) in [6.07, 6.45) is 4.54. The fraction of sp³-hybridized carbons (Fsp3) is 0.667. The van der Waals surface area contributed by atoms with Crippen LogP contribution in [0.15, 0.2) is 29.3 Å². The van der Waals surface area contributed by atoms with Crippen LogP contribution in [0.2, 0.25) is 0 Å². The van der Waals surface area contributed by atoms with Gasteiger partial charge >= 0.3 is 6.09 Å². The minimum atomic E-state index is -0.477. The van der Waals surface area contributed by atoms with Crippen molar-refractivity contribution in [3.05, 3.63) is 35.6 Å². The first-order chi connectivity index (χ1) is 14.7. The lowest BCUT2D eigenvalue weighted by atomic mass is 9.98. The first-order valence-corrected chi connectivity index (χ1v) is 11.6. The van der Waals surface area contributed by atoms with Crippen LogP contribution >= 0.6 is 24.0 Å². The van der Waals surface area contributed by atoms with Gasteiger partial charge in [0.2, 0.25) is 0 Å². The number of fused-ring (bicyclic) bond motifs is 2. The molecular weight excluding hydrogens is 522 g/mol. The summed E-state index contributed by atoms with van der Waals surface area (Å²) in [6.45, 7) is 8.42. The molecule has 2 N–H and O–H groups in total. The Bertz CT molecular complexity index is 830. The van der Waals surface area contributed by atoms with E-state index in [-0.39, 0.29) is 66.0 Å². The van der Waals surface area contributed by atoms with Crippen molar-refractivity contribution < 1.29 is 13.9 Å². The summed E-state index contributed by atoms with van der Waals surface area (Å²) in [4.78, 5) is 19.3. The number of piperidine rings is 1. The van der Waals surface area contributed by atoms with Crippen molar-refractivity contribution in [1.82, 2.24) is 15.5 Å². The van der Waals surface area contributed by atoms with Crippen molar-refractivity contribution in [2.45, 2.75) is 95.5 Å². The molecule has 2 saturated heterocycles. The maximum atomic E-state index is 14.1. The summed E-state index contributed by atoms with van der Waals surface area (Å²) in [5, 5.41) is 7.09. The monoisotopic (exact) mass is 558 g/mol. The van der Waals surface area contributed by atoms with E-state index in [4.69, 9.17) is 4.74 Å². The van der Waals surface area contributed by atoms with Crippen LogP contribution in [0.4, 0.5) is 9.18 Å². The highest BCUT2D eigenvalue weighted by Crippen LogP contribution is 2.42. The number of nitrogens with zero attached hydrogens (tertiary/aromatic N) is 2. The van der Waals surface area contributed by atoms with E-state index in [1.165, 1.54) is 6.07 Å². The fourth-order valence-electron chi connectivity index (χ4n) is 5.04. The van der Waals surface area contributed by atoms with Gasteiger partial charge in [0.1, 0.15) is 11.4 Å². The smallest absolute Gasteiger partial charge is 0.410 e. The van der Waals surface area contributed by atoms with E-state index in [0.29, 0.717) is 6.54 Å². The molecule has 4 atom stereocenters. The number of nitrogens with one attached hydrogen (secondary N) is 2. The van der Waals surface area contributed by atoms with E-state index >= 15 is 0 Å². The van der Waals surface area contributed by atoms with E-state index < -0.39 is 5.60 Å². The molecule has 3 aliphatic rings. The molecule has 32 heavy (non-hydrogen) atoms. The molecule has 2 bridgehead atoms. The van der Waals surface area contributed by atoms with E-state index in [1.54, 1.807) is 6.07 Å². The van der Waals surface area contributed by atoms with Crippen LogP contribution < -0.4 is 10.6 Å². The van der Waals surface area contributed by atoms with Gasteiger partial charge in [-0.05, 0) is 71.4 Å². The zero-order valence-corrected chi connectivity index (χ0v) is 21.8. The standard InChI is InChI=1S/C24H35FN4O2.HI/c1-5-26-22(28-21-14-19(21)18-8-6-7-9-20(18)25)27-15-12-16-10-11-17(13-15)29(16)23(30)31-24(2,3)4;/h6-9,15-17,19,21H,5,10-14H2,1-4H3,(H2,26,27,28);1H. The topological polar surface area (TPSA) is 66.0 Å². The number of hydrogen-bond acceptors (Lipinski definition) is 3. The van der Waals surface area contributed by atoms with Crippen LogP contribution in [0.3, 0.4) is 0 Å². The number of benzene rings is 1. The van der Waals surface area contributed by atoms with Gasteiger partial charge in [-0.1, -0.05) is 18.2 Å². The molecule has 2 aliphatic heterocycles. The first kappa shape index (κ1) is 25.1. The van der Waals surface area contributed by atoms with Gasteiger partial charge in [0.25, 0.3) is 0 Å². The quantitative estimate of drug-likeness (QED) is 0.317. The third kappa shape index (κ3) is 5.85. The zero-order valence-electron chi connectivity index (χ0n) is 19.4. The maximum Gasteiger partial charge on any atom is 0.410 e. The predicted octanol–water partition coefficient (Wildman–Crippen LogP) is 4.79. The second-order valence-electron chi connectivity index (χ2n) is 10.0. The van der Waals surface area contributed by atoms with Gasteiger partial charge in [0.15, 0.2) is 5.96 Å². The average Bonchev–Trinajstić information content (AvgIpc) is 3.37. The molecule has 0 radical (unpaired) electrons. The third-order valence-corrected chi connectivity index (χ3v) is 6.41. The fourth-order valence-corrected chi connectivity index (χ4v) is 5.04. The minimum absolute atomic E-state index is 0. The highest BCUT2D eigenvalue weighted by molar-refractivity contribution is 14.0. The summed E-state index contributed by atoms with van der Waals surface area (Å²) < 4.78 is 19.7. The number of ether oxygens (including phenoxy) is 1. The van der Waals surface area contributed by atoms with E-state index in [2.05, 4.69) is 15.6 Å². The molecule has 2 heterocycles. The zero-order chi connectivity index (χ0) is 22.2. The summed E-state index contributed by atoms with van der Waals surface area (Å²) in [5.74, 6) is 0.849. The van der Waals surface area contributed by atoms with Crippen LogP contribution in [-0.2, 0) is 4.74 Å². The molecule has 1 amide bonds. The number of halogens is 2. The Balaban J connectivity index is 0.00000289. The largest absolute Gasteiger partial charge is 0.444 e. The highest BCUT2D eigenvalue weighted by atomic mass is 127. The molecule has 178 valence electrons. The Morgan fingerprint density at radius 3 is 2.41 bits per heavy atom. The Kier molecular flexibility index (Phi) is 7.93. The SMILES string of the molecule is CCN=C(NC1CC2CCC(C1)N2C(=O)OC(C)(C)C)NC1CC1c1ccccc1F.I. The molecule has 1 saturated carbocycles. The molecule has 8 heteroatoms. The Hall–Kier alpha value is -1.58. The van der Waals surface area contributed by atoms with Gasteiger partial charge in [-0.2, -0.15) is 0 Å². The van der Waals surface area contributed by atoms with Crippen LogP contribution in [0, 0.1) is 5.82 Å². The highest BCUT2D eigenvalue weighted by Gasteiger charge is 2.45. The summed E-state index contributed by atoms with van der Waals surface area (Å²) in [6, 6.07) is 7.90. The van der Waals surface area contributed by atoms with E-state index in [9.17, 15) is 9.18 Å². The van der Waals surface area contributed by atoms with Gasteiger partial charge in [-0.15, -0.1) is 24.0 Å². The van der Waals surface area contributed by atoms with Crippen molar-refractivity contribution in [1.29, 1.82) is 0 Å². The van der Waals surface area contributed by atoms with Crippen molar-refractivity contribution in [2.75, 3.05) is 6.54 Å². The molecule has 4 rings (SSSR count). The van der Waals surface area contributed by atoms with Gasteiger partial charge in [-0.25, -0.2) is 9.18 Å². The molecule has 4 unspecified atom stereocenters. The van der Waals surface area contributed by atoms with E-state index in [1.807, 2.05) is 44.7 Å². The number of hydrogen-bond donors (Lipinski definition) is 2. The van der Waals surface area contributed by atoms with Crippen molar-refractivity contribution >= 4 is 36.0 Å². The molecule has 1 aromatic carbocycles. The van der Waals surface area contributed by atoms with Crippen molar-refractivity contribution in [2.24, 2.45) is 4.99 Å². The summed E-state index contributed by atoms with van der Waals surface area (Å²) in [7, 11) is 0. The number of rotatable bonds is 4. The van der Waals surface area contributed by atoms with Crippen LogP contribution in [0.25, 0.3) is 0 Å². The summed E-state index contributed by atoms with van der Waals surface area (Å²) >= 11 is 0. The Morgan fingerprint density at radius 1 is 1.16 bits per heavy atom. The molecule has 1 aliphatic carbocycles. The number of amides is 1. The lowest BCUT2D eigenvalue weighted by molar-refractivity contribution is 0.00545. The van der Waals surface area contributed by atoms with Gasteiger partial charge < -0.3 is 20.3 Å². The van der Waals surface area contributed by atoms with Crippen molar-refractivity contribution in [3.8, 4) is 0 Å². The first-order valence-electron chi connectivity index (χ1n) is 11.6. The minimum Gasteiger partial charge on any atom is -0.444 e. The lowest BCUT2D eigenvalue weighted by Gasteiger charge is -2.40. The van der Waals surface area contributed by atoms with Crippen molar-refractivity contribution in [3.63, 3.8) is 0 Å². The molecule has 6 nitrogen and oxygen atoms in total. The van der Waals surface area contributed by atoms with Crippen LogP contribution in [0.5, 0.6) is 0 Å². The normalized spacial score (nSPS) is 29.2. The number of aliphatic imine (C=N–C) groups is 1. The molecule has 3 fully saturated rings.